The van der Waals surface area contributed by atoms with E-state index in [4.69, 9.17) is 10.5 Å². The van der Waals surface area contributed by atoms with Gasteiger partial charge in [-0.3, -0.25) is 0 Å². The summed E-state index contributed by atoms with van der Waals surface area (Å²) in [7, 11) is 3.69. The molecule has 0 aliphatic carbocycles. The van der Waals surface area contributed by atoms with Crippen molar-refractivity contribution in [2.24, 2.45) is 0 Å². The average molecular weight is 248 g/mol. The third-order valence-electron chi connectivity index (χ3n) is 2.66. The second-order valence-electron chi connectivity index (χ2n) is 3.91. The summed E-state index contributed by atoms with van der Waals surface area (Å²) in [6.45, 7) is 0.885. The summed E-state index contributed by atoms with van der Waals surface area (Å²) >= 11 is 1.72. The van der Waals surface area contributed by atoms with E-state index in [2.05, 4.69) is 28.8 Å². The smallest absolute Gasteiger partial charge is 0.143 e. The van der Waals surface area contributed by atoms with Crippen LogP contribution in [0.3, 0.4) is 0 Å². The number of hydrogen-bond acceptors (Lipinski definition) is 4. The predicted octanol–water partition coefficient (Wildman–Crippen LogP) is 2.98. The van der Waals surface area contributed by atoms with Gasteiger partial charge < -0.3 is 15.4 Å². The van der Waals surface area contributed by atoms with Crippen LogP contribution in [0, 0.1) is 0 Å². The van der Waals surface area contributed by atoms with E-state index in [-0.39, 0.29) is 0 Å². The number of anilines is 2. The van der Waals surface area contributed by atoms with Crippen LogP contribution in [0.15, 0.2) is 35.0 Å². The van der Waals surface area contributed by atoms with Crippen LogP contribution < -0.4 is 15.4 Å². The Balaban J connectivity index is 2.16. The Kier molecular flexibility index (Phi) is 3.54. The standard InChI is InChI=1S/C13H16N2OS/c1-15(8-10-5-6-17-9-10)11-3-4-12(14)13(7-11)16-2/h3-7,9H,8,14H2,1-2H3. The third kappa shape index (κ3) is 2.71. The summed E-state index contributed by atoms with van der Waals surface area (Å²) in [4.78, 5) is 2.17. The zero-order valence-electron chi connectivity index (χ0n) is 10.0. The van der Waals surface area contributed by atoms with E-state index in [0.29, 0.717) is 5.69 Å². The first-order valence-electron chi connectivity index (χ1n) is 5.36. The van der Waals surface area contributed by atoms with Crippen molar-refractivity contribution in [3.8, 4) is 5.75 Å². The van der Waals surface area contributed by atoms with Crippen molar-refractivity contribution in [1.29, 1.82) is 0 Å². The number of thiophene rings is 1. The van der Waals surface area contributed by atoms with Gasteiger partial charge in [0, 0.05) is 25.3 Å². The molecule has 1 aromatic carbocycles. The molecule has 2 aromatic rings. The first-order valence-corrected chi connectivity index (χ1v) is 6.30. The summed E-state index contributed by atoms with van der Waals surface area (Å²) in [5, 5.41) is 4.25. The van der Waals surface area contributed by atoms with Gasteiger partial charge in [-0.05, 0) is 34.5 Å². The number of rotatable bonds is 4. The fraction of sp³-hybridized carbons (Fsp3) is 0.231. The van der Waals surface area contributed by atoms with Crippen molar-refractivity contribution in [2.75, 3.05) is 24.8 Å². The van der Waals surface area contributed by atoms with E-state index >= 15 is 0 Å². The molecule has 0 unspecified atom stereocenters. The molecule has 0 amide bonds. The third-order valence-corrected chi connectivity index (χ3v) is 3.39. The van der Waals surface area contributed by atoms with Gasteiger partial charge in [0.05, 0.1) is 12.8 Å². The Bertz CT molecular complexity index is 482. The lowest BCUT2D eigenvalue weighted by molar-refractivity contribution is 0.417. The van der Waals surface area contributed by atoms with E-state index in [1.54, 1.807) is 18.4 Å². The summed E-state index contributed by atoms with van der Waals surface area (Å²) in [6.07, 6.45) is 0. The minimum absolute atomic E-state index is 0.667. The first-order chi connectivity index (χ1) is 8.20. The number of nitrogens with zero attached hydrogens (tertiary/aromatic N) is 1. The van der Waals surface area contributed by atoms with Crippen LogP contribution in [-0.2, 0) is 6.54 Å². The largest absolute Gasteiger partial charge is 0.495 e. The SMILES string of the molecule is COc1cc(N(C)Cc2ccsc2)ccc1N. The van der Waals surface area contributed by atoms with Crippen molar-refractivity contribution in [2.45, 2.75) is 6.54 Å². The van der Waals surface area contributed by atoms with Crippen LogP contribution in [0.4, 0.5) is 11.4 Å². The van der Waals surface area contributed by atoms with Gasteiger partial charge in [0.2, 0.25) is 0 Å². The van der Waals surface area contributed by atoms with Crippen LogP contribution >= 0.6 is 11.3 Å². The molecule has 1 aromatic heterocycles. The summed E-state index contributed by atoms with van der Waals surface area (Å²) in [6, 6.07) is 7.97. The molecule has 0 fully saturated rings. The molecular formula is C13H16N2OS. The van der Waals surface area contributed by atoms with E-state index < -0.39 is 0 Å². The fourth-order valence-electron chi connectivity index (χ4n) is 1.69. The van der Waals surface area contributed by atoms with Crippen LogP contribution in [0.2, 0.25) is 0 Å². The maximum absolute atomic E-state index is 5.79. The van der Waals surface area contributed by atoms with Crippen LogP contribution in [0.1, 0.15) is 5.56 Å². The molecule has 90 valence electrons. The van der Waals surface area contributed by atoms with Gasteiger partial charge in [0.15, 0.2) is 0 Å². The maximum Gasteiger partial charge on any atom is 0.143 e. The molecular weight excluding hydrogens is 232 g/mol. The van der Waals surface area contributed by atoms with Crippen LogP contribution in [0.5, 0.6) is 5.75 Å². The molecule has 17 heavy (non-hydrogen) atoms. The minimum atomic E-state index is 0.667. The highest BCUT2D eigenvalue weighted by Gasteiger charge is 2.06. The fourth-order valence-corrected chi connectivity index (χ4v) is 2.34. The highest BCUT2D eigenvalue weighted by molar-refractivity contribution is 7.07. The first kappa shape index (κ1) is 11.8. The Hall–Kier alpha value is -1.68. The number of benzene rings is 1. The van der Waals surface area contributed by atoms with E-state index in [1.165, 1.54) is 5.56 Å². The predicted molar refractivity (Wildman–Crippen MR) is 73.8 cm³/mol. The summed E-state index contributed by atoms with van der Waals surface area (Å²) < 4.78 is 5.22. The van der Waals surface area contributed by atoms with E-state index in [0.717, 1.165) is 18.0 Å². The lowest BCUT2D eigenvalue weighted by Crippen LogP contribution is -2.15. The Morgan fingerprint density at radius 2 is 2.18 bits per heavy atom. The molecule has 0 saturated carbocycles. The van der Waals surface area contributed by atoms with Gasteiger partial charge in [-0.15, -0.1) is 0 Å². The Morgan fingerprint density at radius 1 is 1.35 bits per heavy atom. The molecule has 0 saturated heterocycles. The highest BCUT2D eigenvalue weighted by Crippen LogP contribution is 2.27. The van der Waals surface area contributed by atoms with Gasteiger partial charge in [0.1, 0.15) is 5.75 Å². The molecule has 3 nitrogen and oxygen atoms in total. The van der Waals surface area contributed by atoms with Gasteiger partial charge in [-0.25, -0.2) is 0 Å². The molecule has 4 heteroatoms. The number of methoxy groups -OCH3 is 1. The summed E-state index contributed by atoms with van der Waals surface area (Å²) in [5.74, 6) is 0.722. The maximum atomic E-state index is 5.79. The molecule has 1 heterocycles. The molecule has 0 radical (unpaired) electrons. The lowest BCUT2D eigenvalue weighted by Gasteiger charge is -2.19. The number of ether oxygens (including phenoxy) is 1. The normalized spacial score (nSPS) is 10.2. The molecule has 0 aliphatic rings. The number of nitrogens with two attached hydrogens (primary N) is 1. The van der Waals surface area contributed by atoms with Crippen molar-refractivity contribution in [3.63, 3.8) is 0 Å². The second-order valence-corrected chi connectivity index (χ2v) is 4.69. The number of nitrogen functional groups attached to an aromatic ring is 1. The quantitative estimate of drug-likeness (QED) is 0.845. The van der Waals surface area contributed by atoms with Gasteiger partial charge in [0.25, 0.3) is 0 Å². The second kappa shape index (κ2) is 5.10. The lowest BCUT2D eigenvalue weighted by atomic mass is 10.2. The topological polar surface area (TPSA) is 38.5 Å². The zero-order chi connectivity index (χ0) is 12.3. The molecule has 0 spiro atoms. The van der Waals surface area contributed by atoms with Crippen molar-refractivity contribution in [3.05, 3.63) is 40.6 Å². The number of hydrogen-bond donors (Lipinski definition) is 1. The van der Waals surface area contributed by atoms with Crippen molar-refractivity contribution < 1.29 is 4.74 Å². The molecule has 2 N–H and O–H groups in total. The molecule has 0 atom stereocenters. The van der Waals surface area contributed by atoms with E-state index in [9.17, 15) is 0 Å². The van der Waals surface area contributed by atoms with Gasteiger partial charge >= 0.3 is 0 Å². The minimum Gasteiger partial charge on any atom is -0.495 e. The molecule has 0 aliphatic heterocycles. The van der Waals surface area contributed by atoms with Crippen molar-refractivity contribution >= 4 is 22.7 Å². The molecule has 2 rings (SSSR count). The Morgan fingerprint density at radius 3 is 2.82 bits per heavy atom. The molecule has 0 bridgehead atoms. The van der Waals surface area contributed by atoms with Gasteiger partial charge in [-0.2, -0.15) is 11.3 Å². The van der Waals surface area contributed by atoms with Crippen molar-refractivity contribution in [1.82, 2.24) is 0 Å². The summed E-state index contributed by atoms with van der Waals surface area (Å²) in [5.41, 5.74) is 8.87. The highest BCUT2D eigenvalue weighted by atomic mass is 32.1. The van der Waals surface area contributed by atoms with Crippen LogP contribution in [0.25, 0.3) is 0 Å². The van der Waals surface area contributed by atoms with Crippen LogP contribution in [-0.4, -0.2) is 14.2 Å². The average Bonchev–Trinajstić information content (AvgIpc) is 2.82. The monoisotopic (exact) mass is 248 g/mol. The Labute approximate surface area is 105 Å². The van der Waals surface area contributed by atoms with Gasteiger partial charge in [-0.1, -0.05) is 0 Å². The zero-order valence-corrected chi connectivity index (χ0v) is 10.8. The van der Waals surface area contributed by atoms with E-state index in [1.807, 2.05) is 18.2 Å².